The fraction of sp³-hybridized carbons (Fsp3) is 0.714. The summed E-state index contributed by atoms with van der Waals surface area (Å²) in [6, 6.07) is 5.97. The fourth-order valence-corrected chi connectivity index (χ4v) is 3.90. The van der Waals surface area contributed by atoms with E-state index in [0.717, 1.165) is 19.3 Å². The van der Waals surface area contributed by atoms with Crippen LogP contribution < -0.4 is 0 Å². The Kier molecular flexibility index (Phi) is 2.55. The summed E-state index contributed by atoms with van der Waals surface area (Å²) >= 11 is 0. The quantitative estimate of drug-likeness (QED) is 0.721. The summed E-state index contributed by atoms with van der Waals surface area (Å²) < 4.78 is 11.4. The minimum Gasteiger partial charge on any atom is -0.447 e. The maximum Gasteiger partial charge on any atom is 0.217 e. The van der Waals surface area contributed by atoms with Crippen molar-refractivity contribution < 1.29 is 9.47 Å². The molecule has 0 radical (unpaired) electrons. The van der Waals surface area contributed by atoms with Crippen molar-refractivity contribution in [1.29, 1.82) is 21.2 Å². The molecule has 0 unspecified atom stereocenters. The Bertz CT molecular complexity index is 582. The molecule has 3 atom stereocenters. The van der Waals surface area contributed by atoms with Crippen LogP contribution in [0.4, 0.5) is 0 Å². The molecule has 102 valence electrons. The number of hydrogen-bond donors (Lipinski definition) is 1. The van der Waals surface area contributed by atoms with Gasteiger partial charge in [0.25, 0.3) is 0 Å². The van der Waals surface area contributed by atoms with Crippen LogP contribution in [0, 0.1) is 56.2 Å². The van der Waals surface area contributed by atoms with Gasteiger partial charge in [0.05, 0.1) is 30.7 Å². The smallest absolute Gasteiger partial charge is 0.217 e. The first-order chi connectivity index (χ1) is 9.61. The summed E-state index contributed by atoms with van der Waals surface area (Å²) in [6.07, 6.45) is 4.05. The van der Waals surface area contributed by atoms with Crippen LogP contribution in [0.15, 0.2) is 0 Å². The third kappa shape index (κ3) is 1.17. The Morgan fingerprint density at radius 1 is 1.10 bits per heavy atom. The van der Waals surface area contributed by atoms with Crippen LogP contribution in [0.3, 0.4) is 0 Å². The highest BCUT2D eigenvalue weighted by Gasteiger charge is 2.76. The van der Waals surface area contributed by atoms with Gasteiger partial charge in [0, 0.05) is 6.42 Å². The Hall–Kier alpha value is -2.10. The number of ether oxygens (including phenoxy) is 2. The van der Waals surface area contributed by atoms with E-state index in [9.17, 15) is 15.8 Å². The fourth-order valence-electron chi connectivity index (χ4n) is 3.90. The van der Waals surface area contributed by atoms with E-state index < -0.39 is 22.5 Å². The second kappa shape index (κ2) is 3.95. The van der Waals surface area contributed by atoms with Crippen molar-refractivity contribution in [2.24, 2.45) is 16.7 Å². The van der Waals surface area contributed by atoms with E-state index in [-0.39, 0.29) is 12.5 Å². The van der Waals surface area contributed by atoms with E-state index in [1.807, 2.05) is 12.1 Å². The van der Waals surface area contributed by atoms with Crippen LogP contribution in [0.5, 0.6) is 0 Å². The van der Waals surface area contributed by atoms with Crippen molar-refractivity contribution >= 4 is 5.90 Å². The van der Waals surface area contributed by atoms with Gasteiger partial charge >= 0.3 is 0 Å². The zero-order valence-electron chi connectivity index (χ0n) is 11.0. The molecule has 3 aliphatic rings. The van der Waals surface area contributed by atoms with Crippen molar-refractivity contribution in [3.8, 4) is 18.2 Å². The number of rotatable bonds is 0. The highest BCUT2D eigenvalue weighted by molar-refractivity contribution is 5.88. The first-order valence-corrected chi connectivity index (χ1v) is 6.76. The molecular formula is C14H14N4O2. The minimum absolute atomic E-state index is 0.174. The van der Waals surface area contributed by atoms with Crippen molar-refractivity contribution in [2.45, 2.75) is 37.9 Å². The van der Waals surface area contributed by atoms with Crippen LogP contribution >= 0.6 is 0 Å². The normalized spacial score (nSPS) is 41.2. The molecule has 0 aromatic carbocycles. The predicted molar refractivity (Wildman–Crippen MR) is 65.8 cm³/mol. The number of hydrogen-bond acceptors (Lipinski definition) is 6. The molecule has 3 rings (SSSR count). The Morgan fingerprint density at radius 3 is 2.50 bits per heavy atom. The van der Waals surface area contributed by atoms with Gasteiger partial charge in [0.2, 0.25) is 11.7 Å². The second-order valence-electron chi connectivity index (χ2n) is 5.73. The topological polar surface area (TPSA) is 114 Å². The van der Waals surface area contributed by atoms with E-state index in [2.05, 4.69) is 6.07 Å². The first-order valence-electron chi connectivity index (χ1n) is 6.76. The SMILES string of the molecule is N#CC1(C#N)CO[C@@]23CCCCC[C@@H]2[C@@]1(C#N)C(=N)O3. The highest BCUT2D eigenvalue weighted by atomic mass is 16.7. The van der Waals surface area contributed by atoms with Gasteiger partial charge in [-0.3, -0.25) is 5.41 Å². The Labute approximate surface area is 117 Å². The van der Waals surface area contributed by atoms with Gasteiger partial charge < -0.3 is 9.47 Å². The number of nitrogens with zero attached hydrogens (tertiary/aromatic N) is 3. The van der Waals surface area contributed by atoms with Gasteiger partial charge in [-0.15, -0.1) is 0 Å². The van der Waals surface area contributed by atoms with E-state index in [4.69, 9.17) is 14.9 Å². The van der Waals surface area contributed by atoms with Gasteiger partial charge in [-0.1, -0.05) is 12.8 Å². The van der Waals surface area contributed by atoms with Gasteiger partial charge in [-0.25, -0.2) is 0 Å². The van der Waals surface area contributed by atoms with Gasteiger partial charge in [-0.2, -0.15) is 15.8 Å². The number of nitrogens with one attached hydrogen (secondary N) is 1. The average molecular weight is 270 g/mol. The standard InChI is InChI=1S/C14H14N4O2/c15-6-12(7-16)9-19-14-5-3-1-2-4-10(14)13(12,8-17)11(18)20-14/h10,18H,1-5,9H2/t10-,13+,14-/m1/s1. The molecule has 1 N–H and O–H groups in total. The predicted octanol–water partition coefficient (Wildman–Crippen LogP) is 1.84. The molecule has 20 heavy (non-hydrogen) atoms. The van der Waals surface area contributed by atoms with Crippen molar-refractivity contribution in [1.82, 2.24) is 0 Å². The monoisotopic (exact) mass is 270 g/mol. The van der Waals surface area contributed by atoms with Crippen LogP contribution in [0.2, 0.25) is 0 Å². The van der Waals surface area contributed by atoms with Crippen LogP contribution in [-0.4, -0.2) is 18.3 Å². The summed E-state index contributed by atoms with van der Waals surface area (Å²) in [5, 5.41) is 36.8. The minimum atomic E-state index is -1.66. The van der Waals surface area contributed by atoms with Crippen LogP contribution in [0.25, 0.3) is 0 Å². The third-order valence-corrected chi connectivity index (χ3v) is 4.97. The highest BCUT2D eigenvalue weighted by Crippen LogP contribution is 2.63. The van der Waals surface area contributed by atoms with Gasteiger partial charge in [-0.05, 0) is 12.8 Å². The summed E-state index contributed by atoms with van der Waals surface area (Å²) in [5.74, 6) is -1.67. The molecule has 1 aliphatic carbocycles. The summed E-state index contributed by atoms with van der Waals surface area (Å²) in [5.41, 5.74) is -3.16. The molecule has 0 spiro atoms. The second-order valence-corrected chi connectivity index (χ2v) is 5.73. The maximum absolute atomic E-state index is 9.74. The summed E-state index contributed by atoms with van der Waals surface area (Å²) in [4.78, 5) is 0. The molecule has 0 amide bonds. The molecule has 6 heteroatoms. The van der Waals surface area contributed by atoms with E-state index >= 15 is 0 Å². The molecule has 0 aromatic heterocycles. The van der Waals surface area contributed by atoms with Crippen LogP contribution in [0.1, 0.15) is 32.1 Å². The molecular weight excluding hydrogens is 256 g/mol. The van der Waals surface area contributed by atoms with Crippen molar-refractivity contribution in [3.05, 3.63) is 0 Å². The zero-order valence-corrected chi connectivity index (χ0v) is 11.0. The van der Waals surface area contributed by atoms with Crippen molar-refractivity contribution in [3.63, 3.8) is 0 Å². The molecule has 0 aromatic rings. The lowest BCUT2D eigenvalue weighted by atomic mass is 9.56. The first kappa shape index (κ1) is 12.9. The third-order valence-electron chi connectivity index (χ3n) is 4.97. The van der Waals surface area contributed by atoms with Gasteiger partial charge in [0.1, 0.15) is 0 Å². The van der Waals surface area contributed by atoms with Crippen molar-refractivity contribution in [2.75, 3.05) is 6.61 Å². The largest absolute Gasteiger partial charge is 0.447 e. The molecule has 2 aliphatic heterocycles. The Balaban J connectivity index is 2.23. The molecule has 3 fully saturated rings. The lowest BCUT2D eigenvalue weighted by Crippen LogP contribution is -2.58. The van der Waals surface area contributed by atoms with Crippen LogP contribution in [-0.2, 0) is 9.47 Å². The van der Waals surface area contributed by atoms with E-state index in [1.54, 1.807) is 0 Å². The van der Waals surface area contributed by atoms with Gasteiger partial charge in [0.15, 0.2) is 10.8 Å². The summed E-state index contributed by atoms with van der Waals surface area (Å²) in [7, 11) is 0. The molecule has 1 saturated carbocycles. The Morgan fingerprint density at radius 2 is 1.85 bits per heavy atom. The lowest BCUT2D eigenvalue weighted by Gasteiger charge is -2.44. The van der Waals surface area contributed by atoms with E-state index in [0.29, 0.717) is 12.8 Å². The van der Waals surface area contributed by atoms with E-state index in [1.165, 1.54) is 0 Å². The molecule has 2 heterocycles. The average Bonchev–Trinajstić information content (AvgIpc) is 2.63. The molecule has 2 saturated heterocycles. The summed E-state index contributed by atoms with van der Waals surface area (Å²) in [6.45, 7) is -0.174. The maximum atomic E-state index is 9.74. The lowest BCUT2D eigenvalue weighted by molar-refractivity contribution is -0.249. The number of nitriles is 3. The zero-order chi connectivity index (χ0) is 14.4. The molecule has 6 nitrogen and oxygen atoms in total. The molecule has 2 bridgehead atoms.